The Morgan fingerprint density at radius 2 is 2.05 bits per heavy atom. The highest BCUT2D eigenvalue weighted by molar-refractivity contribution is 7.15. The molecule has 20 heavy (non-hydrogen) atoms. The van der Waals surface area contributed by atoms with Crippen LogP contribution in [0.25, 0.3) is 0 Å². The first-order chi connectivity index (χ1) is 9.68. The Kier molecular flexibility index (Phi) is 3.53. The minimum atomic E-state index is -0.263. The van der Waals surface area contributed by atoms with E-state index in [-0.39, 0.29) is 11.3 Å². The molecule has 104 valence electrons. The van der Waals surface area contributed by atoms with Gasteiger partial charge in [-0.05, 0) is 31.7 Å². The number of rotatable bonds is 4. The molecule has 1 saturated carbocycles. The highest BCUT2D eigenvalue weighted by atomic mass is 32.1. The van der Waals surface area contributed by atoms with Crippen LogP contribution < -0.4 is 5.32 Å². The number of anilines is 1. The van der Waals surface area contributed by atoms with E-state index in [0.29, 0.717) is 5.13 Å². The minimum Gasteiger partial charge on any atom is -0.300 e. The molecule has 0 aliphatic heterocycles. The van der Waals surface area contributed by atoms with Crippen molar-refractivity contribution in [2.75, 3.05) is 5.32 Å². The lowest BCUT2D eigenvalue weighted by Gasteiger charge is -2.40. The first-order valence-corrected chi connectivity index (χ1v) is 7.65. The Labute approximate surface area is 122 Å². The van der Waals surface area contributed by atoms with E-state index in [2.05, 4.69) is 27.6 Å². The number of nitrogens with one attached hydrogen (secondary N) is 1. The Morgan fingerprint density at radius 3 is 2.60 bits per heavy atom. The van der Waals surface area contributed by atoms with Crippen molar-refractivity contribution in [3.63, 3.8) is 0 Å². The largest absolute Gasteiger partial charge is 0.300 e. The summed E-state index contributed by atoms with van der Waals surface area (Å²) in [7, 11) is 0. The molecule has 0 radical (unpaired) electrons. The topological polar surface area (TPSA) is 54.9 Å². The molecule has 3 rings (SSSR count). The number of carbonyl (C=O) groups excluding carboxylic acids is 1. The highest BCUT2D eigenvalue weighted by Gasteiger charge is 2.44. The summed E-state index contributed by atoms with van der Waals surface area (Å²) < 4.78 is 0. The fourth-order valence-corrected chi connectivity index (χ4v) is 3.24. The third-order valence-corrected chi connectivity index (χ3v) is 4.68. The van der Waals surface area contributed by atoms with Crippen molar-refractivity contribution in [2.45, 2.75) is 32.6 Å². The summed E-state index contributed by atoms with van der Waals surface area (Å²) in [4.78, 5) is 12.6. The van der Waals surface area contributed by atoms with Crippen LogP contribution in [-0.4, -0.2) is 16.1 Å². The van der Waals surface area contributed by atoms with Gasteiger partial charge in [0.2, 0.25) is 11.0 Å². The molecule has 0 spiro atoms. The van der Waals surface area contributed by atoms with Crippen LogP contribution in [0.4, 0.5) is 5.13 Å². The van der Waals surface area contributed by atoms with Crippen molar-refractivity contribution in [3.05, 3.63) is 40.9 Å². The Morgan fingerprint density at radius 1 is 1.30 bits per heavy atom. The van der Waals surface area contributed by atoms with Gasteiger partial charge in [-0.3, -0.25) is 4.79 Å². The number of hydrogen-bond acceptors (Lipinski definition) is 4. The maximum atomic E-state index is 12.6. The van der Waals surface area contributed by atoms with E-state index in [1.807, 2.05) is 25.1 Å². The second-order valence-corrected chi connectivity index (χ2v) is 6.56. The van der Waals surface area contributed by atoms with Crippen LogP contribution in [0.3, 0.4) is 0 Å². The first kappa shape index (κ1) is 13.2. The molecular weight excluding hydrogens is 270 g/mol. The number of carbonyl (C=O) groups is 1. The second kappa shape index (κ2) is 5.32. The van der Waals surface area contributed by atoms with Gasteiger partial charge in [-0.25, -0.2) is 0 Å². The van der Waals surface area contributed by atoms with Gasteiger partial charge in [0, 0.05) is 0 Å². The van der Waals surface area contributed by atoms with E-state index in [9.17, 15) is 4.79 Å². The van der Waals surface area contributed by atoms with Crippen molar-refractivity contribution in [1.82, 2.24) is 10.2 Å². The fraction of sp³-hybridized carbons (Fsp3) is 0.400. The summed E-state index contributed by atoms with van der Waals surface area (Å²) in [5.74, 6) is 0.0868. The lowest BCUT2D eigenvalue weighted by Crippen LogP contribution is -2.43. The Balaban J connectivity index is 1.73. The van der Waals surface area contributed by atoms with Gasteiger partial charge in [0.25, 0.3) is 0 Å². The van der Waals surface area contributed by atoms with Crippen molar-refractivity contribution in [1.29, 1.82) is 0 Å². The van der Waals surface area contributed by atoms with Gasteiger partial charge >= 0.3 is 0 Å². The van der Waals surface area contributed by atoms with Crippen molar-refractivity contribution in [2.24, 2.45) is 5.41 Å². The highest BCUT2D eigenvalue weighted by Crippen LogP contribution is 2.44. The van der Waals surface area contributed by atoms with E-state index >= 15 is 0 Å². The zero-order chi connectivity index (χ0) is 14.0. The van der Waals surface area contributed by atoms with E-state index in [1.54, 1.807) is 0 Å². The van der Waals surface area contributed by atoms with Crippen LogP contribution >= 0.6 is 11.3 Å². The number of amides is 1. The molecule has 1 N–H and O–H groups in total. The van der Waals surface area contributed by atoms with Crippen molar-refractivity contribution < 1.29 is 4.79 Å². The maximum absolute atomic E-state index is 12.6. The molecule has 0 saturated heterocycles. The van der Waals surface area contributed by atoms with Gasteiger partial charge in [-0.2, -0.15) is 0 Å². The summed E-state index contributed by atoms with van der Waals surface area (Å²) in [6.07, 6.45) is 3.82. The molecule has 1 aliphatic rings. The molecule has 1 fully saturated rings. The zero-order valence-electron chi connectivity index (χ0n) is 11.4. The summed E-state index contributed by atoms with van der Waals surface area (Å²) >= 11 is 1.42. The monoisotopic (exact) mass is 287 g/mol. The normalized spacial score (nSPS) is 16.4. The third-order valence-electron chi connectivity index (χ3n) is 3.92. The summed E-state index contributed by atoms with van der Waals surface area (Å²) in [5, 5.41) is 12.3. The quantitative estimate of drug-likeness (QED) is 0.939. The molecule has 0 atom stereocenters. The number of benzene rings is 1. The molecule has 0 bridgehead atoms. The van der Waals surface area contributed by atoms with Crippen LogP contribution in [0.15, 0.2) is 30.3 Å². The van der Waals surface area contributed by atoms with E-state index in [4.69, 9.17) is 0 Å². The lowest BCUT2D eigenvalue weighted by molar-refractivity contribution is -0.130. The molecule has 4 nitrogen and oxygen atoms in total. The minimum absolute atomic E-state index is 0.0868. The van der Waals surface area contributed by atoms with Crippen LogP contribution in [0.1, 0.15) is 29.8 Å². The zero-order valence-corrected chi connectivity index (χ0v) is 12.2. The molecule has 1 aromatic carbocycles. The molecule has 1 amide bonds. The standard InChI is InChI=1S/C15H17N3OS/c1-11-17-18-14(20-11)16-13(19)15(8-5-9-15)10-12-6-3-2-4-7-12/h2-4,6-7H,5,8-10H2,1H3,(H,16,18,19). The van der Waals surface area contributed by atoms with Crippen LogP contribution in [-0.2, 0) is 11.2 Å². The SMILES string of the molecule is Cc1nnc(NC(=O)C2(Cc3ccccc3)CCC2)s1. The molecule has 1 aliphatic carbocycles. The van der Waals surface area contributed by atoms with E-state index in [1.165, 1.54) is 16.9 Å². The summed E-state index contributed by atoms with van der Waals surface area (Å²) in [5.41, 5.74) is 0.955. The first-order valence-electron chi connectivity index (χ1n) is 6.83. The molecule has 0 unspecified atom stereocenters. The Hall–Kier alpha value is -1.75. The van der Waals surface area contributed by atoms with E-state index < -0.39 is 0 Å². The second-order valence-electron chi connectivity index (χ2n) is 5.38. The van der Waals surface area contributed by atoms with Crippen LogP contribution in [0.5, 0.6) is 0 Å². The molecule has 1 aromatic heterocycles. The molecule has 1 heterocycles. The van der Waals surface area contributed by atoms with Gasteiger partial charge in [0.1, 0.15) is 5.01 Å². The summed E-state index contributed by atoms with van der Waals surface area (Å²) in [6.45, 7) is 1.89. The van der Waals surface area contributed by atoms with Gasteiger partial charge in [0.05, 0.1) is 5.41 Å². The average Bonchev–Trinajstić information content (AvgIpc) is 2.80. The third kappa shape index (κ3) is 2.58. The van der Waals surface area contributed by atoms with Gasteiger partial charge in [-0.1, -0.05) is 48.1 Å². The number of hydrogen-bond donors (Lipinski definition) is 1. The molecular formula is C15H17N3OS. The number of aryl methyl sites for hydroxylation is 1. The van der Waals surface area contributed by atoms with Gasteiger partial charge in [-0.15, -0.1) is 10.2 Å². The smallest absolute Gasteiger partial charge is 0.232 e. The van der Waals surface area contributed by atoms with Crippen LogP contribution in [0.2, 0.25) is 0 Å². The average molecular weight is 287 g/mol. The molecule has 2 aromatic rings. The predicted octanol–water partition coefficient (Wildman–Crippen LogP) is 3.20. The summed E-state index contributed by atoms with van der Waals surface area (Å²) in [6, 6.07) is 10.2. The van der Waals surface area contributed by atoms with Crippen LogP contribution in [0, 0.1) is 12.3 Å². The Bertz CT molecular complexity index is 605. The van der Waals surface area contributed by atoms with Gasteiger partial charge in [0.15, 0.2) is 0 Å². The lowest BCUT2D eigenvalue weighted by atomic mass is 9.65. The van der Waals surface area contributed by atoms with Crippen molar-refractivity contribution in [3.8, 4) is 0 Å². The maximum Gasteiger partial charge on any atom is 0.232 e. The predicted molar refractivity (Wildman–Crippen MR) is 79.7 cm³/mol. The van der Waals surface area contributed by atoms with E-state index in [0.717, 1.165) is 30.7 Å². The number of nitrogens with zero attached hydrogens (tertiary/aromatic N) is 2. The fourth-order valence-electron chi connectivity index (χ4n) is 2.65. The molecule has 5 heteroatoms. The number of aromatic nitrogens is 2. The van der Waals surface area contributed by atoms with Gasteiger partial charge < -0.3 is 5.32 Å². The van der Waals surface area contributed by atoms with Crippen molar-refractivity contribution >= 4 is 22.4 Å².